The molecule has 94 valence electrons. The van der Waals surface area contributed by atoms with Gasteiger partial charge in [-0.15, -0.1) is 11.3 Å². The third-order valence-corrected chi connectivity index (χ3v) is 6.05. The molecule has 0 bridgehead atoms. The molecule has 1 saturated heterocycles. The number of amides is 1. The van der Waals surface area contributed by atoms with E-state index in [1.165, 1.54) is 24.2 Å². The second-order valence-corrected chi connectivity index (χ2v) is 7.31. The van der Waals surface area contributed by atoms with Crippen LogP contribution in [0.5, 0.6) is 0 Å². The van der Waals surface area contributed by atoms with E-state index in [4.69, 9.17) is 0 Å². The number of rotatable bonds is 3. The maximum absolute atomic E-state index is 11.9. The lowest BCUT2D eigenvalue weighted by molar-refractivity contribution is 0.0952. The van der Waals surface area contributed by atoms with Gasteiger partial charge in [0, 0.05) is 17.1 Å². The number of piperidine rings is 1. The Morgan fingerprint density at radius 2 is 2.35 bits per heavy atom. The summed E-state index contributed by atoms with van der Waals surface area (Å²) in [5.41, 5.74) is 0. The second-order valence-electron chi connectivity index (χ2n) is 4.09. The fourth-order valence-corrected chi connectivity index (χ4v) is 3.81. The van der Waals surface area contributed by atoms with E-state index in [2.05, 4.69) is 42.5 Å². The minimum absolute atomic E-state index is 0.00812. The van der Waals surface area contributed by atoms with Crippen molar-refractivity contribution >= 4 is 49.1 Å². The summed E-state index contributed by atoms with van der Waals surface area (Å²) in [6.07, 6.45) is 3.65. The Balaban J connectivity index is 1.84. The highest BCUT2D eigenvalue weighted by atomic mass is 79.9. The van der Waals surface area contributed by atoms with Gasteiger partial charge in [-0.3, -0.25) is 4.79 Å². The van der Waals surface area contributed by atoms with E-state index >= 15 is 0 Å². The summed E-state index contributed by atoms with van der Waals surface area (Å²) < 4.78 is 1.89. The summed E-state index contributed by atoms with van der Waals surface area (Å²) in [4.78, 5) is 12.6. The lowest BCUT2D eigenvalue weighted by Gasteiger charge is -2.23. The van der Waals surface area contributed by atoms with Gasteiger partial charge in [-0.1, -0.05) is 6.42 Å². The zero-order valence-corrected chi connectivity index (χ0v) is 13.3. The van der Waals surface area contributed by atoms with Crippen molar-refractivity contribution in [3.63, 3.8) is 0 Å². The average molecular weight is 382 g/mol. The van der Waals surface area contributed by atoms with E-state index in [9.17, 15) is 4.79 Å². The first kappa shape index (κ1) is 13.5. The topological polar surface area (TPSA) is 41.1 Å². The molecule has 0 aliphatic carbocycles. The van der Waals surface area contributed by atoms with Crippen molar-refractivity contribution in [3.05, 3.63) is 19.2 Å². The maximum atomic E-state index is 11.9. The number of nitrogens with one attached hydrogen (secondary N) is 2. The normalized spacial score (nSPS) is 20.2. The second kappa shape index (κ2) is 6.31. The Labute approximate surface area is 122 Å². The molecule has 1 aliphatic rings. The van der Waals surface area contributed by atoms with Gasteiger partial charge in [0.25, 0.3) is 5.91 Å². The summed E-state index contributed by atoms with van der Waals surface area (Å²) in [7, 11) is 0. The largest absolute Gasteiger partial charge is 0.350 e. The zero-order chi connectivity index (χ0) is 12.3. The Morgan fingerprint density at radius 3 is 2.94 bits per heavy atom. The molecule has 1 unspecified atom stereocenters. The molecule has 1 fully saturated rings. The molecule has 2 heterocycles. The van der Waals surface area contributed by atoms with Crippen LogP contribution < -0.4 is 10.6 Å². The van der Waals surface area contributed by atoms with Gasteiger partial charge in [0.15, 0.2) is 0 Å². The molecule has 0 aromatic carbocycles. The average Bonchev–Trinajstić information content (AvgIpc) is 2.68. The first-order valence-corrected chi connectivity index (χ1v) is 8.03. The van der Waals surface area contributed by atoms with Crippen LogP contribution in [0.25, 0.3) is 0 Å². The third-order valence-electron chi connectivity index (χ3n) is 2.79. The van der Waals surface area contributed by atoms with E-state index < -0.39 is 0 Å². The van der Waals surface area contributed by atoms with Crippen molar-refractivity contribution < 1.29 is 4.79 Å². The van der Waals surface area contributed by atoms with E-state index in [-0.39, 0.29) is 5.91 Å². The van der Waals surface area contributed by atoms with Gasteiger partial charge in [0.1, 0.15) is 0 Å². The Hall–Kier alpha value is 0.0900. The number of halogens is 2. The van der Waals surface area contributed by atoms with Gasteiger partial charge in [-0.05, 0) is 57.3 Å². The van der Waals surface area contributed by atoms with Crippen LogP contribution in [0.3, 0.4) is 0 Å². The Kier molecular flexibility index (Phi) is 5.02. The van der Waals surface area contributed by atoms with Crippen LogP contribution in [-0.2, 0) is 0 Å². The van der Waals surface area contributed by atoms with Gasteiger partial charge in [-0.2, -0.15) is 0 Å². The van der Waals surface area contributed by atoms with Gasteiger partial charge in [-0.25, -0.2) is 0 Å². The molecule has 1 amide bonds. The molecule has 17 heavy (non-hydrogen) atoms. The van der Waals surface area contributed by atoms with Gasteiger partial charge < -0.3 is 10.6 Å². The van der Waals surface area contributed by atoms with E-state index in [1.54, 1.807) is 0 Å². The molecule has 1 aromatic heterocycles. The van der Waals surface area contributed by atoms with E-state index in [0.29, 0.717) is 12.6 Å². The zero-order valence-electron chi connectivity index (χ0n) is 9.26. The van der Waals surface area contributed by atoms with Gasteiger partial charge >= 0.3 is 0 Å². The highest BCUT2D eigenvalue weighted by molar-refractivity contribution is 9.13. The van der Waals surface area contributed by atoms with Crippen molar-refractivity contribution in [2.45, 2.75) is 25.3 Å². The predicted molar refractivity (Wildman–Crippen MR) is 77.7 cm³/mol. The molecule has 1 atom stereocenters. The summed E-state index contributed by atoms with van der Waals surface area (Å²) >= 11 is 8.22. The van der Waals surface area contributed by atoms with E-state index in [1.807, 2.05) is 6.07 Å². The van der Waals surface area contributed by atoms with Gasteiger partial charge in [0.05, 0.1) is 8.66 Å². The monoisotopic (exact) mass is 380 g/mol. The first-order chi connectivity index (χ1) is 8.16. The minimum atomic E-state index is 0.00812. The Morgan fingerprint density at radius 1 is 1.53 bits per heavy atom. The number of thiophene rings is 1. The van der Waals surface area contributed by atoms with Crippen LogP contribution in [0.2, 0.25) is 0 Å². The Bertz CT molecular complexity index is 383. The third kappa shape index (κ3) is 3.77. The van der Waals surface area contributed by atoms with Crippen molar-refractivity contribution in [1.82, 2.24) is 10.6 Å². The maximum Gasteiger partial charge on any atom is 0.261 e. The molecular formula is C11H14Br2N2OS. The SMILES string of the molecule is O=C(NCC1CCCCN1)c1cc(Br)c(Br)s1. The highest BCUT2D eigenvalue weighted by Crippen LogP contribution is 2.32. The summed E-state index contributed by atoms with van der Waals surface area (Å²) in [5.74, 6) is 0.00812. The highest BCUT2D eigenvalue weighted by Gasteiger charge is 2.16. The molecule has 0 saturated carbocycles. The number of carbonyl (C=O) groups excluding carboxylic acids is 1. The lowest BCUT2D eigenvalue weighted by Crippen LogP contribution is -2.43. The predicted octanol–water partition coefficient (Wildman–Crippen LogP) is 3.15. The molecule has 3 nitrogen and oxygen atoms in total. The molecule has 0 radical (unpaired) electrons. The summed E-state index contributed by atoms with van der Waals surface area (Å²) in [6.45, 7) is 1.78. The fourth-order valence-electron chi connectivity index (χ4n) is 1.86. The van der Waals surface area contributed by atoms with Crippen LogP contribution in [0.1, 0.15) is 28.9 Å². The first-order valence-electron chi connectivity index (χ1n) is 5.63. The quantitative estimate of drug-likeness (QED) is 0.844. The molecular weight excluding hydrogens is 368 g/mol. The smallest absolute Gasteiger partial charge is 0.261 e. The molecule has 6 heteroatoms. The molecule has 1 aliphatic heterocycles. The van der Waals surface area contributed by atoms with Crippen molar-refractivity contribution in [3.8, 4) is 0 Å². The van der Waals surface area contributed by atoms with Gasteiger partial charge in [0.2, 0.25) is 0 Å². The molecule has 0 spiro atoms. The van der Waals surface area contributed by atoms with Crippen LogP contribution in [-0.4, -0.2) is 25.0 Å². The standard InChI is InChI=1S/C11H14Br2N2OS/c12-8-5-9(17-10(8)13)11(16)15-6-7-3-1-2-4-14-7/h5,7,14H,1-4,6H2,(H,15,16). The van der Waals surface area contributed by atoms with Crippen LogP contribution in [0, 0.1) is 0 Å². The summed E-state index contributed by atoms with van der Waals surface area (Å²) in [6, 6.07) is 2.28. The van der Waals surface area contributed by atoms with Crippen LogP contribution >= 0.6 is 43.2 Å². The lowest BCUT2D eigenvalue weighted by atomic mass is 10.1. The van der Waals surface area contributed by atoms with Crippen molar-refractivity contribution in [2.75, 3.05) is 13.1 Å². The van der Waals surface area contributed by atoms with Crippen LogP contribution in [0.4, 0.5) is 0 Å². The number of carbonyl (C=O) groups is 1. The number of hydrogen-bond acceptors (Lipinski definition) is 3. The van der Waals surface area contributed by atoms with E-state index in [0.717, 1.165) is 26.1 Å². The molecule has 2 rings (SSSR count). The molecule has 1 aromatic rings. The van der Waals surface area contributed by atoms with Crippen molar-refractivity contribution in [1.29, 1.82) is 0 Å². The molecule has 2 N–H and O–H groups in total. The fraction of sp³-hybridized carbons (Fsp3) is 0.545. The minimum Gasteiger partial charge on any atom is -0.350 e. The van der Waals surface area contributed by atoms with Crippen molar-refractivity contribution in [2.24, 2.45) is 0 Å². The number of hydrogen-bond donors (Lipinski definition) is 2. The summed E-state index contributed by atoms with van der Waals surface area (Å²) in [5, 5.41) is 6.39. The van der Waals surface area contributed by atoms with Crippen LogP contribution in [0.15, 0.2) is 14.3 Å².